The number of carbonyl (C=O) groups is 2. The van der Waals surface area contributed by atoms with Crippen molar-refractivity contribution in [1.29, 1.82) is 0 Å². The first-order valence-corrected chi connectivity index (χ1v) is 10.5. The Morgan fingerprint density at radius 3 is 1.54 bits per heavy atom. The van der Waals surface area contributed by atoms with Crippen molar-refractivity contribution in [2.24, 2.45) is 0 Å². The fraction of sp³-hybridized carbons (Fsp3) is 0.0370. The van der Waals surface area contributed by atoms with Gasteiger partial charge >= 0.3 is 11.9 Å². The number of hydrogen-bond donors (Lipinski definition) is 4. The van der Waals surface area contributed by atoms with Crippen LogP contribution in [0.2, 0.25) is 0 Å². The third-order valence-electron chi connectivity index (χ3n) is 5.19. The number of rotatable bonds is 7. The van der Waals surface area contributed by atoms with E-state index in [1.807, 2.05) is 12.1 Å². The number of aliphatic hydroxyl groups excluding tert-OH is 1. The Bertz CT molecular complexity index is 1460. The lowest BCUT2D eigenvalue weighted by molar-refractivity contribution is -0.132. The van der Waals surface area contributed by atoms with Gasteiger partial charge in [0.25, 0.3) is 0 Å². The van der Waals surface area contributed by atoms with E-state index in [9.17, 15) is 19.8 Å². The number of fused-ring (bicyclic) bond motifs is 1. The topological polar surface area (TPSA) is 141 Å². The Kier molecular flexibility index (Phi) is 6.77. The largest absolute Gasteiger partial charge is 0.478 e. The van der Waals surface area contributed by atoms with E-state index in [4.69, 9.17) is 20.2 Å². The second-order valence-corrected chi connectivity index (χ2v) is 7.63. The molecule has 1 heterocycles. The maximum Gasteiger partial charge on any atom is 0.328 e. The van der Waals surface area contributed by atoms with Crippen molar-refractivity contribution >= 4 is 35.1 Å². The molecule has 1 aromatic heterocycles. The van der Waals surface area contributed by atoms with Gasteiger partial charge in [0.05, 0.1) is 22.4 Å². The Hall–Kier alpha value is -4.66. The summed E-state index contributed by atoms with van der Waals surface area (Å²) in [6, 6.07) is 19.1. The SMILES string of the molecule is O=C(O)C=Cc1ccc(-c2nc3ccc(C(O)O)cc3nc2-c2ccc(C=CC(=O)O)cc2)cc1. The zero-order chi connectivity index (χ0) is 24.9. The summed E-state index contributed by atoms with van der Waals surface area (Å²) in [6.45, 7) is 0. The fourth-order valence-corrected chi connectivity index (χ4v) is 3.47. The molecule has 0 aliphatic carbocycles. The normalized spacial score (nSPS) is 11.6. The minimum absolute atomic E-state index is 0.286. The zero-order valence-corrected chi connectivity index (χ0v) is 18.2. The predicted molar refractivity (Wildman–Crippen MR) is 131 cm³/mol. The van der Waals surface area contributed by atoms with Gasteiger partial charge in [-0.15, -0.1) is 0 Å². The summed E-state index contributed by atoms with van der Waals surface area (Å²) >= 11 is 0. The van der Waals surface area contributed by atoms with Crippen molar-refractivity contribution in [1.82, 2.24) is 9.97 Å². The van der Waals surface area contributed by atoms with Crippen molar-refractivity contribution in [3.63, 3.8) is 0 Å². The molecule has 0 aliphatic rings. The highest BCUT2D eigenvalue weighted by Crippen LogP contribution is 2.32. The number of aromatic nitrogens is 2. The van der Waals surface area contributed by atoms with Gasteiger partial charge in [0.2, 0.25) is 0 Å². The fourth-order valence-electron chi connectivity index (χ4n) is 3.47. The van der Waals surface area contributed by atoms with E-state index >= 15 is 0 Å². The average Bonchev–Trinajstić information content (AvgIpc) is 2.85. The highest BCUT2D eigenvalue weighted by atomic mass is 16.5. The Morgan fingerprint density at radius 2 is 1.11 bits per heavy atom. The Balaban J connectivity index is 1.84. The summed E-state index contributed by atoms with van der Waals surface area (Å²) in [4.78, 5) is 31.1. The van der Waals surface area contributed by atoms with Crippen LogP contribution in [0.3, 0.4) is 0 Å². The monoisotopic (exact) mass is 468 g/mol. The summed E-state index contributed by atoms with van der Waals surface area (Å²) in [5.74, 6) is -2.08. The average molecular weight is 468 g/mol. The van der Waals surface area contributed by atoms with Crippen LogP contribution in [0.15, 0.2) is 78.9 Å². The van der Waals surface area contributed by atoms with Gasteiger partial charge in [-0.2, -0.15) is 0 Å². The first-order valence-electron chi connectivity index (χ1n) is 10.5. The molecule has 0 bridgehead atoms. The lowest BCUT2D eigenvalue weighted by Crippen LogP contribution is -1.99. The molecule has 8 heteroatoms. The molecule has 0 saturated carbocycles. The van der Waals surface area contributed by atoms with Crippen molar-refractivity contribution in [2.45, 2.75) is 6.29 Å². The van der Waals surface area contributed by atoms with Crippen LogP contribution in [-0.2, 0) is 9.59 Å². The van der Waals surface area contributed by atoms with Crippen LogP contribution in [0, 0.1) is 0 Å². The number of benzene rings is 3. The van der Waals surface area contributed by atoms with Gasteiger partial charge in [-0.3, -0.25) is 0 Å². The van der Waals surface area contributed by atoms with Crippen LogP contribution >= 0.6 is 0 Å². The first kappa shape index (κ1) is 23.5. The molecule has 0 aliphatic heterocycles. The molecule has 0 unspecified atom stereocenters. The van der Waals surface area contributed by atoms with E-state index < -0.39 is 18.2 Å². The predicted octanol–water partition coefficient (Wildman–Crippen LogP) is 4.14. The van der Waals surface area contributed by atoms with E-state index in [0.717, 1.165) is 23.3 Å². The molecule has 4 aromatic rings. The third kappa shape index (κ3) is 5.64. The maximum atomic E-state index is 10.8. The van der Waals surface area contributed by atoms with Crippen molar-refractivity contribution in [2.75, 3.05) is 0 Å². The molecule has 0 saturated heterocycles. The molecule has 0 spiro atoms. The summed E-state index contributed by atoms with van der Waals surface area (Å²) in [7, 11) is 0. The maximum absolute atomic E-state index is 10.8. The summed E-state index contributed by atoms with van der Waals surface area (Å²) in [5, 5.41) is 36.8. The number of hydrogen-bond acceptors (Lipinski definition) is 6. The lowest BCUT2D eigenvalue weighted by Gasteiger charge is -2.12. The van der Waals surface area contributed by atoms with Gasteiger partial charge in [-0.05, 0) is 35.4 Å². The van der Waals surface area contributed by atoms with Gasteiger partial charge in [0.1, 0.15) is 0 Å². The number of carboxylic acid groups (broad SMARTS) is 2. The summed E-state index contributed by atoms with van der Waals surface area (Å²) in [6.07, 6.45) is 3.44. The molecular formula is C27H20N2O6. The molecule has 0 fully saturated rings. The second kappa shape index (κ2) is 10.1. The van der Waals surface area contributed by atoms with Crippen LogP contribution in [0.25, 0.3) is 45.7 Å². The van der Waals surface area contributed by atoms with E-state index in [0.29, 0.717) is 33.5 Å². The first-order chi connectivity index (χ1) is 16.8. The second-order valence-electron chi connectivity index (χ2n) is 7.63. The molecule has 35 heavy (non-hydrogen) atoms. The van der Waals surface area contributed by atoms with Crippen LogP contribution < -0.4 is 0 Å². The molecule has 3 aromatic carbocycles. The zero-order valence-electron chi connectivity index (χ0n) is 18.2. The van der Waals surface area contributed by atoms with Crippen LogP contribution in [-0.4, -0.2) is 42.3 Å². The van der Waals surface area contributed by atoms with Gasteiger partial charge in [0.15, 0.2) is 6.29 Å². The standard InChI is InChI=1S/C27H20N2O6/c30-23(31)13-5-16-1-7-18(8-2-16)25-26(19-9-3-17(4-10-19)6-14-24(32)33)29-22-15-20(27(34)35)11-12-21(22)28-25/h1-15,27,34-35H,(H,30,31)(H,32,33). The van der Waals surface area contributed by atoms with Crippen molar-refractivity contribution < 1.29 is 30.0 Å². The van der Waals surface area contributed by atoms with Crippen molar-refractivity contribution in [3.05, 3.63) is 95.6 Å². The molecular weight excluding hydrogens is 448 g/mol. The quantitative estimate of drug-likeness (QED) is 0.234. The minimum Gasteiger partial charge on any atom is -0.478 e. The number of aliphatic carboxylic acids is 2. The molecule has 8 nitrogen and oxygen atoms in total. The molecule has 4 N–H and O–H groups in total. The number of carboxylic acids is 2. The van der Waals surface area contributed by atoms with Crippen molar-refractivity contribution in [3.8, 4) is 22.5 Å². The molecule has 4 rings (SSSR count). The van der Waals surface area contributed by atoms with Crippen LogP contribution in [0.5, 0.6) is 0 Å². The van der Waals surface area contributed by atoms with Gasteiger partial charge < -0.3 is 20.4 Å². The van der Waals surface area contributed by atoms with Crippen LogP contribution in [0.4, 0.5) is 0 Å². The molecule has 174 valence electrons. The minimum atomic E-state index is -1.64. The van der Waals surface area contributed by atoms with E-state index in [2.05, 4.69) is 0 Å². The number of nitrogens with zero attached hydrogens (tertiary/aromatic N) is 2. The van der Waals surface area contributed by atoms with Gasteiger partial charge in [-0.25, -0.2) is 19.6 Å². The molecule has 0 amide bonds. The van der Waals surface area contributed by atoms with E-state index in [-0.39, 0.29) is 5.56 Å². The summed E-state index contributed by atoms with van der Waals surface area (Å²) < 4.78 is 0. The van der Waals surface area contributed by atoms with E-state index in [1.54, 1.807) is 54.6 Å². The highest BCUT2D eigenvalue weighted by Gasteiger charge is 2.15. The Labute approximate surface area is 199 Å². The smallest absolute Gasteiger partial charge is 0.328 e. The molecule has 0 atom stereocenters. The Morgan fingerprint density at radius 1 is 0.657 bits per heavy atom. The number of aliphatic hydroxyl groups is 2. The van der Waals surface area contributed by atoms with Gasteiger partial charge in [0, 0.05) is 28.8 Å². The lowest BCUT2D eigenvalue weighted by atomic mass is 10.0. The van der Waals surface area contributed by atoms with Crippen LogP contribution in [0.1, 0.15) is 23.0 Å². The van der Waals surface area contributed by atoms with E-state index in [1.165, 1.54) is 12.2 Å². The van der Waals surface area contributed by atoms with Gasteiger partial charge in [-0.1, -0.05) is 54.6 Å². The highest BCUT2D eigenvalue weighted by molar-refractivity contribution is 5.88. The summed E-state index contributed by atoms with van der Waals surface area (Å²) in [5.41, 5.74) is 5.34. The third-order valence-corrected chi connectivity index (χ3v) is 5.19. The molecule has 0 radical (unpaired) electrons.